The topological polar surface area (TPSA) is 64.1 Å². The van der Waals surface area contributed by atoms with Gasteiger partial charge in [-0.1, -0.05) is 0 Å². The predicted molar refractivity (Wildman–Crippen MR) is 45.0 cm³/mol. The second-order valence-corrected chi connectivity index (χ2v) is 3.54. The summed E-state index contributed by atoms with van der Waals surface area (Å²) in [7, 11) is 0. The first-order chi connectivity index (χ1) is 4.54. The van der Waals surface area contributed by atoms with Gasteiger partial charge < -0.3 is 11.1 Å². The van der Waals surface area contributed by atoms with E-state index in [1.807, 2.05) is 13.0 Å². The van der Waals surface area contributed by atoms with Gasteiger partial charge in [0.1, 0.15) is 0 Å². The van der Waals surface area contributed by atoms with Gasteiger partial charge in [-0.05, 0) is 40.7 Å². The Balaban J connectivity index is 2.99. The van der Waals surface area contributed by atoms with E-state index in [1.54, 1.807) is 6.20 Å². The largest absolute Gasteiger partial charge is 0.398 e. The van der Waals surface area contributed by atoms with Crippen LogP contribution in [0.3, 0.4) is 0 Å². The van der Waals surface area contributed by atoms with Crippen molar-refractivity contribution in [1.29, 1.82) is 0 Å². The molecule has 0 aliphatic carbocycles. The first kappa shape index (κ1) is 7.63. The first-order valence-corrected chi connectivity index (χ1v) is 3.72. The van der Waals surface area contributed by atoms with Gasteiger partial charge in [0, 0.05) is 0 Å². The molecule has 0 aromatic carbocycles. The summed E-state index contributed by atoms with van der Waals surface area (Å²) in [4.78, 5) is 0. The van der Waals surface area contributed by atoms with E-state index >= 15 is 0 Å². The molecule has 0 spiro atoms. The molecule has 0 fully saturated rings. The van der Waals surface area contributed by atoms with Crippen molar-refractivity contribution < 1.29 is 0 Å². The Labute approximate surface area is 68.3 Å². The van der Waals surface area contributed by atoms with Crippen LogP contribution in [0.5, 0.6) is 0 Å². The normalized spacial score (nSPS) is 32.3. The standard InChI is InChI=1S/C6H10BrN3/c1-4-2-3-10-6(7,9)5(4)8/h2-3,10H,8-9H2,1H3. The van der Waals surface area contributed by atoms with E-state index < -0.39 is 4.57 Å². The Hall–Kier alpha value is -0.480. The van der Waals surface area contributed by atoms with Crippen LogP contribution < -0.4 is 16.8 Å². The Morgan fingerprint density at radius 1 is 1.70 bits per heavy atom. The van der Waals surface area contributed by atoms with Crippen LogP contribution in [0.2, 0.25) is 0 Å². The van der Waals surface area contributed by atoms with E-state index in [-0.39, 0.29) is 0 Å². The Bertz CT molecular complexity index is 205. The number of hydrogen-bond donors (Lipinski definition) is 3. The van der Waals surface area contributed by atoms with E-state index in [1.165, 1.54) is 0 Å². The smallest absolute Gasteiger partial charge is 0.184 e. The molecule has 1 heterocycles. The number of allylic oxidation sites excluding steroid dienone is 2. The highest BCUT2D eigenvalue weighted by atomic mass is 79.9. The lowest BCUT2D eigenvalue weighted by atomic mass is 10.1. The molecule has 0 saturated carbocycles. The van der Waals surface area contributed by atoms with Crippen molar-refractivity contribution in [3.05, 3.63) is 23.5 Å². The van der Waals surface area contributed by atoms with E-state index in [4.69, 9.17) is 11.5 Å². The summed E-state index contributed by atoms with van der Waals surface area (Å²) in [6.45, 7) is 1.91. The maximum Gasteiger partial charge on any atom is 0.184 e. The highest BCUT2D eigenvalue weighted by Crippen LogP contribution is 2.20. The van der Waals surface area contributed by atoms with Crippen molar-refractivity contribution in [2.75, 3.05) is 0 Å². The molecule has 1 aliphatic rings. The van der Waals surface area contributed by atoms with Crippen LogP contribution in [0.25, 0.3) is 0 Å². The summed E-state index contributed by atoms with van der Waals surface area (Å²) in [5.74, 6) is 0. The van der Waals surface area contributed by atoms with Gasteiger partial charge in [-0.25, -0.2) is 0 Å². The van der Waals surface area contributed by atoms with Crippen LogP contribution in [-0.4, -0.2) is 4.57 Å². The molecule has 0 amide bonds. The maximum atomic E-state index is 5.68. The van der Waals surface area contributed by atoms with Crippen molar-refractivity contribution in [3.63, 3.8) is 0 Å². The molecule has 1 atom stereocenters. The third kappa shape index (κ3) is 1.17. The molecule has 5 N–H and O–H groups in total. The molecule has 0 aromatic heterocycles. The van der Waals surface area contributed by atoms with Gasteiger partial charge >= 0.3 is 0 Å². The zero-order valence-corrected chi connectivity index (χ0v) is 7.27. The fraction of sp³-hybridized carbons (Fsp3) is 0.333. The zero-order chi connectivity index (χ0) is 7.78. The lowest BCUT2D eigenvalue weighted by Gasteiger charge is -2.27. The van der Waals surface area contributed by atoms with Gasteiger partial charge in [0.25, 0.3) is 0 Å². The number of halogens is 1. The number of hydrogen-bond acceptors (Lipinski definition) is 3. The fourth-order valence-corrected chi connectivity index (χ4v) is 1.19. The van der Waals surface area contributed by atoms with Crippen LogP contribution in [0.4, 0.5) is 0 Å². The summed E-state index contributed by atoms with van der Waals surface area (Å²) in [6, 6.07) is 0. The minimum atomic E-state index is -0.758. The zero-order valence-electron chi connectivity index (χ0n) is 5.69. The molecule has 3 nitrogen and oxygen atoms in total. The van der Waals surface area contributed by atoms with E-state index in [2.05, 4.69) is 21.2 Å². The average Bonchev–Trinajstić information content (AvgIpc) is 1.83. The van der Waals surface area contributed by atoms with E-state index in [0.29, 0.717) is 5.70 Å². The summed E-state index contributed by atoms with van der Waals surface area (Å²) in [5, 5.41) is 2.87. The first-order valence-electron chi connectivity index (χ1n) is 2.93. The van der Waals surface area contributed by atoms with Crippen molar-refractivity contribution in [2.24, 2.45) is 11.5 Å². The number of nitrogens with one attached hydrogen (secondary N) is 1. The Morgan fingerprint density at radius 3 is 2.70 bits per heavy atom. The van der Waals surface area contributed by atoms with Crippen LogP contribution >= 0.6 is 15.9 Å². The van der Waals surface area contributed by atoms with E-state index in [0.717, 1.165) is 5.57 Å². The molecule has 1 rings (SSSR count). The van der Waals surface area contributed by atoms with Gasteiger partial charge in [0.15, 0.2) is 4.57 Å². The minimum Gasteiger partial charge on any atom is -0.398 e. The second-order valence-electron chi connectivity index (χ2n) is 2.29. The number of nitrogens with two attached hydrogens (primary N) is 2. The van der Waals surface area contributed by atoms with Crippen molar-refractivity contribution >= 4 is 15.9 Å². The fourth-order valence-electron chi connectivity index (χ4n) is 0.742. The van der Waals surface area contributed by atoms with Gasteiger partial charge in [-0.15, -0.1) is 0 Å². The molecule has 10 heavy (non-hydrogen) atoms. The lowest BCUT2D eigenvalue weighted by molar-refractivity contribution is 0.627. The molecular weight excluding hydrogens is 194 g/mol. The molecule has 0 saturated heterocycles. The molecule has 4 heteroatoms. The number of dihydropyridines is 1. The summed E-state index contributed by atoms with van der Waals surface area (Å²) in [6.07, 6.45) is 3.64. The quantitative estimate of drug-likeness (QED) is 0.394. The Kier molecular flexibility index (Phi) is 1.74. The molecule has 0 radical (unpaired) electrons. The summed E-state index contributed by atoms with van der Waals surface area (Å²) in [5.41, 5.74) is 12.9. The van der Waals surface area contributed by atoms with Crippen molar-refractivity contribution in [3.8, 4) is 0 Å². The van der Waals surface area contributed by atoms with Crippen molar-refractivity contribution in [1.82, 2.24) is 5.32 Å². The highest BCUT2D eigenvalue weighted by molar-refractivity contribution is 9.10. The summed E-state index contributed by atoms with van der Waals surface area (Å²) >= 11 is 3.23. The SMILES string of the molecule is CC1=C(N)C(N)(Br)NC=C1. The van der Waals surface area contributed by atoms with Crippen LogP contribution in [-0.2, 0) is 0 Å². The molecule has 56 valence electrons. The lowest BCUT2D eigenvalue weighted by Crippen LogP contribution is -2.51. The second kappa shape index (κ2) is 2.29. The Morgan fingerprint density at radius 2 is 2.30 bits per heavy atom. The van der Waals surface area contributed by atoms with Gasteiger partial charge in [0.05, 0.1) is 5.70 Å². The predicted octanol–water partition coefficient (Wildman–Crippen LogP) is 0.343. The monoisotopic (exact) mass is 203 g/mol. The van der Waals surface area contributed by atoms with Crippen LogP contribution in [0, 0.1) is 0 Å². The molecule has 0 aromatic rings. The van der Waals surface area contributed by atoms with Gasteiger partial charge in [0.2, 0.25) is 0 Å². The number of alkyl halides is 1. The maximum absolute atomic E-state index is 5.68. The van der Waals surface area contributed by atoms with Crippen LogP contribution in [0.1, 0.15) is 6.92 Å². The molecule has 1 aliphatic heterocycles. The molecule has 1 unspecified atom stereocenters. The van der Waals surface area contributed by atoms with Gasteiger partial charge in [-0.3, -0.25) is 5.73 Å². The average molecular weight is 204 g/mol. The van der Waals surface area contributed by atoms with E-state index in [9.17, 15) is 0 Å². The van der Waals surface area contributed by atoms with Gasteiger partial charge in [-0.2, -0.15) is 0 Å². The molecule has 0 bridgehead atoms. The highest BCUT2D eigenvalue weighted by Gasteiger charge is 2.25. The summed E-state index contributed by atoms with van der Waals surface area (Å²) < 4.78 is -0.758. The third-order valence-electron chi connectivity index (χ3n) is 1.44. The van der Waals surface area contributed by atoms with Crippen molar-refractivity contribution in [2.45, 2.75) is 11.5 Å². The van der Waals surface area contributed by atoms with Crippen LogP contribution in [0.15, 0.2) is 23.5 Å². The number of rotatable bonds is 0. The minimum absolute atomic E-state index is 0.620. The molecular formula is C6H10BrN3. The third-order valence-corrected chi connectivity index (χ3v) is 2.10.